The van der Waals surface area contributed by atoms with Crippen molar-refractivity contribution >= 4 is 27.8 Å². The number of methoxy groups -OCH3 is 1. The Hall–Kier alpha value is -1.81. The Morgan fingerprint density at radius 3 is 2.58 bits per heavy atom. The number of aryl methyl sites for hydroxylation is 1. The molecule has 98 valence electrons. The molecule has 19 heavy (non-hydrogen) atoms. The molecule has 0 heterocycles. The molecule has 0 saturated carbocycles. The molecule has 0 unspecified atom stereocenters. The molecule has 2 rings (SSSR count). The van der Waals surface area contributed by atoms with E-state index in [9.17, 15) is 0 Å². The van der Waals surface area contributed by atoms with E-state index in [1.165, 1.54) is 0 Å². The lowest BCUT2D eigenvalue weighted by molar-refractivity contribution is 0.411. The van der Waals surface area contributed by atoms with Gasteiger partial charge in [-0.15, -0.1) is 0 Å². The van der Waals surface area contributed by atoms with E-state index in [0.717, 1.165) is 27.0 Å². The fourth-order valence-electron chi connectivity index (χ4n) is 1.72. The van der Waals surface area contributed by atoms with Gasteiger partial charge in [0.05, 0.1) is 23.5 Å². The van der Waals surface area contributed by atoms with Crippen molar-refractivity contribution in [3.63, 3.8) is 0 Å². The summed E-state index contributed by atoms with van der Waals surface area (Å²) in [7, 11) is 1.65. The Bertz CT molecular complexity index is 582. The van der Waals surface area contributed by atoms with Gasteiger partial charge in [0.15, 0.2) is 0 Å². The third kappa shape index (κ3) is 3.35. The van der Waals surface area contributed by atoms with Gasteiger partial charge in [0, 0.05) is 5.56 Å². The van der Waals surface area contributed by atoms with Crippen LogP contribution in [0.1, 0.15) is 11.1 Å². The Labute approximate surface area is 121 Å². The van der Waals surface area contributed by atoms with Crippen LogP contribution in [-0.2, 0) is 0 Å². The molecular formula is C15H15BrN2O. The Morgan fingerprint density at radius 2 is 1.89 bits per heavy atom. The maximum Gasteiger partial charge on any atom is 0.142 e. The van der Waals surface area contributed by atoms with Crippen molar-refractivity contribution in [3.8, 4) is 5.75 Å². The summed E-state index contributed by atoms with van der Waals surface area (Å²) in [6.07, 6.45) is 1.77. The topological polar surface area (TPSA) is 33.6 Å². The van der Waals surface area contributed by atoms with Gasteiger partial charge in [-0.2, -0.15) is 5.10 Å². The monoisotopic (exact) mass is 318 g/mol. The van der Waals surface area contributed by atoms with Crippen molar-refractivity contribution < 1.29 is 4.74 Å². The van der Waals surface area contributed by atoms with Crippen LogP contribution >= 0.6 is 15.9 Å². The number of rotatable bonds is 4. The molecule has 0 bridgehead atoms. The largest absolute Gasteiger partial charge is 0.495 e. The van der Waals surface area contributed by atoms with Crippen LogP contribution in [0.4, 0.5) is 5.69 Å². The summed E-state index contributed by atoms with van der Waals surface area (Å²) < 4.78 is 6.31. The van der Waals surface area contributed by atoms with E-state index in [2.05, 4.69) is 26.5 Å². The number of anilines is 1. The van der Waals surface area contributed by atoms with E-state index in [0.29, 0.717) is 0 Å². The van der Waals surface area contributed by atoms with Gasteiger partial charge in [0.1, 0.15) is 5.75 Å². The summed E-state index contributed by atoms with van der Waals surface area (Å²) in [4.78, 5) is 0. The number of nitrogens with one attached hydrogen (secondary N) is 1. The van der Waals surface area contributed by atoms with E-state index in [1.54, 1.807) is 13.3 Å². The number of hydrazone groups is 1. The second-order valence-electron chi connectivity index (χ2n) is 4.05. The quantitative estimate of drug-likeness (QED) is 0.676. The minimum atomic E-state index is 0.790. The highest BCUT2D eigenvalue weighted by Crippen LogP contribution is 2.30. The zero-order valence-corrected chi connectivity index (χ0v) is 12.4. The molecule has 0 amide bonds. The third-order valence-corrected chi connectivity index (χ3v) is 3.36. The molecule has 4 heteroatoms. The third-order valence-electron chi connectivity index (χ3n) is 2.73. The van der Waals surface area contributed by atoms with Gasteiger partial charge >= 0.3 is 0 Å². The first-order chi connectivity index (χ1) is 9.22. The zero-order valence-electron chi connectivity index (χ0n) is 10.9. The number of halogens is 1. The summed E-state index contributed by atoms with van der Waals surface area (Å²) in [6.45, 7) is 2.03. The molecule has 3 nitrogen and oxygen atoms in total. The van der Waals surface area contributed by atoms with E-state index in [-0.39, 0.29) is 0 Å². The zero-order chi connectivity index (χ0) is 13.7. The van der Waals surface area contributed by atoms with Crippen molar-refractivity contribution in [2.75, 3.05) is 12.5 Å². The van der Waals surface area contributed by atoms with Gasteiger partial charge in [0.25, 0.3) is 0 Å². The molecule has 0 aliphatic carbocycles. The van der Waals surface area contributed by atoms with Gasteiger partial charge in [-0.25, -0.2) is 0 Å². The molecular weight excluding hydrogens is 304 g/mol. The summed E-state index contributed by atoms with van der Waals surface area (Å²) in [6, 6.07) is 13.8. The van der Waals surface area contributed by atoms with Gasteiger partial charge in [-0.1, -0.05) is 24.3 Å². The first kappa shape index (κ1) is 13.6. The van der Waals surface area contributed by atoms with Crippen LogP contribution < -0.4 is 10.2 Å². The second-order valence-corrected chi connectivity index (χ2v) is 4.90. The maximum atomic E-state index is 5.39. The molecule has 2 aromatic carbocycles. The highest BCUT2D eigenvalue weighted by Gasteiger charge is 2.08. The molecule has 0 aliphatic heterocycles. The molecule has 0 spiro atoms. The van der Waals surface area contributed by atoms with E-state index >= 15 is 0 Å². The van der Waals surface area contributed by atoms with Gasteiger partial charge in [-0.3, -0.25) is 5.43 Å². The maximum absolute atomic E-state index is 5.39. The Kier molecular flexibility index (Phi) is 4.58. The fraction of sp³-hybridized carbons (Fsp3) is 0.133. The number of benzene rings is 2. The van der Waals surface area contributed by atoms with Crippen molar-refractivity contribution in [1.29, 1.82) is 0 Å². The van der Waals surface area contributed by atoms with Crippen LogP contribution in [-0.4, -0.2) is 13.3 Å². The summed E-state index contributed by atoms with van der Waals surface area (Å²) in [5.74, 6) is 0.790. The Morgan fingerprint density at radius 1 is 1.16 bits per heavy atom. The second kappa shape index (κ2) is 6.38. The minimum absolute atomic E-state index is 0.790. The SMILES string of the molecule is COc1c(Br)ccc(C)c1C=NNc1ccccc1. The standard InChI is InChI=1S/C15H15BrN2O/c1-11-8-9-14(16)15(19-2)13(11)10-17-18-12-6-4-3-5-7-12/h3-10,18H,1-2H3. The average molecular weight is 319 g/mol. The van der Waals surface area contributed by atoms with Crippen molar-refractivity contribution in [2.24, 2.45) is 5.10 Å². The predicted molar refractivity (Wildman–Crippen MR) is 83.1 cm³/mol. The van der Waals surface area contributed by atoms with Crippen molar-refractivity contribution in [3.05, 3.63) is 58.1 Å². The van der Waals surface area contributed by atoms with Crippen molar-refractivity contribution in [1.82, 2.24) is 0 Å². The first-order valence-corrected chi connectivity index (χ1v) is 6.69. The van der Waals surface area contributed by atoms with Gasteiger partial charge < -0.3 is 4.74 Å². The smallest absolute Gasteiger partial charge is 0.142 e. The summed E-state index contributed by atoms with van der Waals surface area (Å²) in [5.41, 5.74) is 6.01. The molecule has 1 N–H and O–H groups in total. The lowest BCUT2D eigenvalue weighted by atomic mass is 10.1. The van der Waals surface area contributed by atoms with Crippen LogP contribution in [0.25, 0.3) is 0 Å². The first-order valence-electron chi connectivity index (χ1n) is 5.89. The Balaban J connectivity index is 2.21. The fourth-order valence-corrected chi connectivity index (χ4v) is 2.23. The van der Waals surface area contributed by atoms with Crippen LogP contribution in [0, 0.1) is 6.92 Å². The van der Waals surface area contributed by atoms with Crippen LogP contribution in [0.5, 0.6) is 5.75 Å². The van der Waals surface area contributed by atoms with Crippen molar-refractivity contribution in [2.45, 2.75) is 6.92 Å². The summed E-state index contributed by atoms with van der Waals surface area (Å²) >= 11 is 3.47. The molecule has 0 aliphatic rings. The number of nitrogens with zero attached hydrogens (tertiary/aromatic N) is 1. The van der Waals surface area contributed by atoms with E-state index < -0.39 is 0 Å². The minimum Gasteiger partial charge on any atom is -0.495 e. The normalized spacial score (nSPS) is 10.7. The van der Waals surface area contributed by atoms with Gasteiger partial charge in [-0.05, 0) is 46.6 Å². The molecule has 0 radical (unpaired) electrons. The van der Waals surface area contributed by atoms with E-state index in [4.69, 9.17) is 4.74 Å². The number of hydrogen-bond donors (Lipinski definition) is 1. The molecule has 0 aromatic heterocycles. The van der Waals surface area contributed by atoms with Crippen LogP contribution in [0.15, 0.2) is 52.0 Å². The highest BCUT2D eigenvalue weighted by atomic mass is 79.9. The van der Waals surface area contributed by atoms with E-state index in [1.807, 2.05) is 49.4 Å². The molecule has 0 saturated heterocycles. The highest BCUT2D eigenvalue weighted by molar-refractivity contribution is 9.10. The number of ether oxygens (including phenoxy) is 1. The lowest BCUT2D eigenvalue weighted by Crippen LogP contribution is -1.97. The molecule has 2 aromatic rings. The van der Waals surface area contributed by atoms with Crippen LogP contribution in [0.3, 0.4) is 0 Å². The summed E-state index contributed by atoms with van der Waals surface area (Å²) in [5, 5.41) is 4.25. The van der Waals surface area contributed by atoms with Crippen LogP contribution in [0.2, 0.25) is 0 Å². The average Bonchev–Trinajstić information content (AvgIpc) is 2.44. The predicted octanol–water partition coefficient (Wildman–Crippen LogP) is 4.21. The lowest BCUT2D eigenvalue weighted by Gasteiger charge is -2.09. The number of para-hydroxylation sites is 1. The number of hydrogen-bond acceptors (Lipinski definition) is 3. The molecule has 0 atom stereocenters. The van der Waals surface area contributed by atoms with Gasteiger partial charge in [0.2, 0.25) is 0 Å². The molecule has 0 fully saturated rings.